The van der Waals surface area contributed by atoms with Crippen molar-refractivity contribution >= 4 is 29.6 Å². The van der Waals surface area contributed by atoms with E-state index in [1.807, 2.05) is 0 Å². The summed E-state index contributed by atoms with van der Waals surface area (Å²) in [5.74, 6) is -0.178. The van der Waals surface area contributed by atoms with Crippen molar-refractivity contribution < 1.29 is 12.8 Å². The summed E-state index contributed by atoms with van der Waals surface area (Å²) >= 11 is 0. The second-order valence-electron chi connectivity index (χ2n) is 1.67. The summed E-state index contributed by atoms with van der Waals surface area (Å²) in [6.07, 6.45) is 0. The molecule has 0 aliphatic carbocycles. The van der Waals surface area contributed by atoms with E-state index in [9.17, 15) is 4.39 Å². The van der Waals surface area contributed by atoms with Crippen LogP contribution in [0.15, 0.2) is 30.3 Å². The molecule has 0 amide bonds. The number of hydrogen-bond donors (Lipinski definition) is 0. The van der Waals surface area contributed by atoms with Gasteiger partial charge in [-0.3, -0.25) is 0 Å². The monoisotopic (exact) mass is 246 g/mol. The fraction of sp³-hybridized carbons (Fsp3) is 0.143. The fourth-order valence-corrected chi connectivity index (χ4v) is 0.415. The molecule has 1 rings (SSSR count). The predicted octanol–water partition coefficient (Wildman–Crippen LogP) is 3.17. The zero-order valence-electron chi connectivity index (χ0n) is 5.75. The van der Waals surface area contributed by atoms with Crippen molar-refractivity contribution in [2.45, 2.75) is 7.43 Å². The maximum absolute atomic E-state index is 11.9. The quantitative estimate of drug-likeness (QED) is 0.660. The van der Waals surface area contributed by atoms with Crippen molar-refractivity contribution in [2.75, 3.05) is 0 Å². The topological polar surface area (TPSA) is 34.1 Å². The third-order valence-electron chi connectivity index (χ3n) is 0.733. The van der Waals surface area contributed by atoms with Gasteiger partial charge in [0.1, 0.15) is 5.82 Å². The van der Waals surface area contributed by atoms with Gasteiger partial charge in [-0.15, -0.1) is 0 Å². The number of hydrogen-bond acceptors (Lipinski definition) is 2. The predicted molar refractivity (Wildman–Crippen MR) is 53.8 cm³/mol. The van der Waals surface area contributed by atoms with Gasteiger partial charge in [0.25, 0.3) is 0 Å². The second-order valence-corrected chi connectivity index (χ2v) is 5.34. The van der Waals surface area contributed by atoms with E-state index in [0.29, 0.717) is 0 Å². The van der Waals surface area contributed by atoms with Crippen LogP contribution in [-0.2, 0) is 8.26 Å². The molecule has 6 heteroatoms. The van der Waals surface area contributed by atoms with Crippen LogP contribution in [0.1, 0.15) is 7.43 Å². The normalized spacial score (nSPS) is 9.15. The van der Waals surface area contributed by atoms with Gasteiger partial charge in [0, 0.05) is 21.4 Å². The summed E-state index contributed by atoms with van der Waals surface area (Å²) < 4.78 is 30.2. The smallest absolute Gasteiger partial charge is 0.207 e. The molecule has 1 aromatic carbocycles. The fourth-order valence-electron chi connectivity index (χ4n) is 0.415. The molecule has 13 heavy (non-hydrogen) atoms. The summed E-state index contributed by atoms with van der Waals surface area (Å²) in [6.45, 7) is 0. The molecule has 0 fully saturated rings. The Morgan fingerprint density at radius 2 is 1.38 bits per heavy atom. The molecular weight excluding hydrogens is 238 g/mol. The van der Waals surface area contributed by atoms with Crippen LogP contribution in [0.2, 0.25) is 0 Å². The SMILES string of the molecule is C.Fc1ccccc1.O=S(=O)(Cl)Cl. The molecule has 0 aliphatic heterocycles. The van der Waals surface area contributed by atoms with Gasteiger partial charge in [-0.05, 0) is 12.1 Å². The van der Waals surface area contributed by atoms with Gasteiger partial charge in [0.2, 0.25) is 0 Å². The first kappa shape index (κ1) is 15.2. The van der Waals surface area contributed by atoms with Crippen LogP contribution in [0.5, 0.6) is 0 Å². The van der Waals surface area contributed by atoms with Gasteiger partial charge in [-0.1, -0.05) is 25.6 Å². The minimum absolute atomic E-state index is 0. The molecule has 2 nitrogen and oxygen atoms in total. The lowest BCUT2D eigenvalue weighted by Gasteiger charge is -1.78. The molecule has 0 heterocycles. The molecule has 0 saturated carbocycles. The average Bonchev–Trinajstić information content (AvgIpc) is 1.85. The largest absolute Gasteiger partial charge is 0.317 e. The first-order chi connectivity index (χ1) is 5.39. The number of halogens is 3. The van der Waals surface area contributed by atoms with Gasteiger partial charge in [0.15, 0.2) is 0 Å². The Kier molecular flexibility index (Phi) is 8.30. The molecule has 0 aliphatic rings. The van der Waals surface area contributed by atoms with Crippen LogP contribution >= 0.6 is 21.4 Å². The summed E-state index contributed by atoms with van der Waals surface area (Å²) in [5.41, 5.74) is 0. The van der Waals surface area contributed by atoms with Gasteiger partial charge >= 0.3 is 8.26 Å². The second kappa shape index (κ2) is 7.12. The van der Waals surface area contributed by atoms with E-state index in [0.717, 1.165) is 0 Å². The first-order valence-corrected chi connectivity index (χ1v) is 5.88. The Bertz CT molecular complexity index is 305. The van der Waals surface area contributed by atoms with E-state index in [1.54, 1.807) is 18.2 Å². The molecule has 0 saturated heterocycles. The molecule has 0 bridgehead atoms. The molecular formula is C7H9Cl2FO2S. The highest BCUT2D eigenvalue weighted by atomic mass is 36.0. The molecule has 76 valence electrons. The van der Waals surface area contributed by atoms with Crippen molar-refractivity contribution in [3.8, 4) is 0 Å². The van der Waals surface area contributed by atoms with Crippen LogP contribution in [0, 0.1) is 5.82 Å². The Labute approximate surface area is 86.2 Å². The first-order valence-electron chi connectivity index (χ1n) is 2.74. The highest BCUT2D eigenvalue weighted by molar-refractivity contribution is 8.31. The summed E-state index contributed by atoms with van der Waals surface area (Å²) in [6, 6.07) is 7.94. The average molecular weight is 247 g/mol. The molecule has 0 atom stereocenters. The van der Waals surface area contributed by atoms with Crippen LogP contribution < -0.4 is 0 Å². The van der Waals surface area contributed by atoms with E-state index in [4.69, 9.17) is 8.42 Å². The Morgan fingerprint density at radius 1 is 1.08 bits per heavy atom. The van der Waals surface area contributed by atoms with E-state index < -0.39 is 8.26 Å². The third kappa shape index (κ3) is 18.6. The van der Waals surface area contributed by atoms with E-state index in [-0.39, 0.29) is 13.2 Å². The lowest BCUT2D eigenvalue weighted by Crippen LogP contribution is -1.63. The minimum Gasteiger partial charge on any atom is -0.207 e. The van der Waals surface area contributed by atoms with E-state index >= 15 is 0 Å². The zero-order valence-corrected chi connectivity index (χ0v) is 8.07. The van der Waals surface area contributed by atoms with Crippen molar-refractivity contribution in [1.29, 1.82) is 0 Å². The summed E-state index contributed by atoms with van der Waals surface area (Å²) in [4.78, 5) is 0. The molecule has 0 N–H and O–H groups in total. The molecule has 1 aromatic rings. The lowest BCUT2D eigenvalue weighted by atomic mass is 10.4. The zero-order chi connectivity index (χ0) is 9.61. The van der Waals surface area contributed by atoms with E-state index in [1.165, 1.54) is 12.1 Å². The van der Waals surface area contributed by atoms with Gasteiger partial charge in [-0.2, -0.15) is 8.42 Å². The lowest BCUT2D eigenvalue weighted by molar-refractivity contribution is 0.621. The number of benzene rings is 1. The molecule has 0 aromatic heterocycles. The van der Waals surface area contributed by atoms with Crippen molar-refractivity contribution in [3.05, 3.63) is 36.1 Å². The summed E-state index contributed by atoms with van der Waals surface area (Å²) in [7, 11) is 4.81. The maximum Gasteiger partial charge on any atom is 0.317 e. The van der Waals surface area contributed by atoms with Gasteiger partial charge in [-0.25, -0.2) is 4.39 Å². The van der Waals surface area contributed by atoms with Crippen LogP contribution in [0.3, 0.4) is 0 Å². The van der Waals surface area contributed by atoms with Crippen molar-refractivity contribution in [2.24, 2.45) is 0 Å². The van der Waals surface area contributed by atoms with Crippen LogP contribution in [0.4, 0.5) is 4.39 Å². The number of rotatable bonds is 0. The Morgan fingerprint density at radius 3 is 1.54 bits per heavy atom. The molecule has 0 spiro atoms. The van der Waals surface area contributed by atoms with Crippen molar-refractivity contribution in [1.82, 2.24) is 0 Å². The highest BCUT2D eigenvalue weighted by Crippen LogP contribution is 1.98. The Hall–Kier alpha value is -0.320. The van der Waals surface area contributed by atoms with Crippen LogP contribution in [-0.4, -0.2) is 8.42 Å². The third-order valence-corrected chi connectivity index (χ3v) is 0.733. The highest BCUT2D eigenvalue weighted by Gasteiger charge is 1.88. The standard InChI is InChI=1S/C6H5F.CH4.Cl2O2S/c7-6-4-2-1-3-5-6;;1-5(2,3)4/h1-5H;1H4;. The molecule has 0 radical (unpaired) electrons. The summed E-state index contributed by atoms with van der Waals surface area (Å²) in [5, 5.41) is 0. The van der Waals surface area contributed by atoms with Crippen LogP contribution in [0.25, 0.3) is 0 Å². The van der Waals surface area contributed by atoms with Gasteiger partial charge < -0.3 is 0 Å². The maximum atomic E-state index is 11.9. The molecule has 0 unspecified atom stereocenters. The Balaban J connectivity index is 0. The van der Waals surface area contributed by atoms with Crippen molar-refractivity contribution in [3.63, 3.8) is 0 Å². The van der Waals surface area contributed by atoms with Gasteiger partial charge in [0.05, 0.1) is 0 Å². The van der Waals surface area contributed by atoms with E-state index in [2.05, 4.69) is 21.4 Å². The minimum atomic E-state index is -3.72.